The molecule has 2 aliphatic rings. The molecule has 2 rings (SSSR count). The van der Waals surface area contributed by atoms with Crippen molar-refractivity contribution in [2.24, 2.45) is 11.1 Å². The van der Waals surface area contributed by atoms with E-state index in [4.69, 9.17) is 10.5 Å². The Kier molecular flexibility index (Phi) is 2.79. The van der Waals surface area contributed by atoms with E-state index in [0.717, 1.165) is 39.0 Å². The fraction of sp³-hybridized carbons (Fsp3) is 1.00. The summed E-state index contributed by atoms with van der Waals surface area (Å²) in [4.78, 5) is 0. The first-order valence-electron chi connectivity index (χ1n) is 5.43. The lowest BCUT2D eigenvalue weighted by atomic mass is 9.66. The van der Waals surface area contributed by atoms with Crippen LogP contribution in [0.5, 0.6) is 0 Å². The van der Waals surface area contributed by atoms with Crippen LogP contribution in [0, 0.1) is 5.41 Å². The van der Waals surface area contributed by atoms with Gasteiger partial charge in [-0.3, -0.25) is 0 Å². The third kappa shape index (κ3) is 1.46. The molecule has 0 aromatic carbocycles. The molecule has 0 bridgehead atoms. The summed E-state index contributed by atoms with van der Waals surface area (Å²) in [5, 5.41) is 13.8. The van der Waals surface area contributed by atoms with Gasteiger partial charge in [-0.25, -0.2) is 0 Å². The van der Waals surface area contributed by atoms with Gasteiger partial charge in [-0.15, -0.1) is 0 Å². The molecule has 4 nitrogen and oxygen atoms in total. The molecule has 2 aliphatic heterocycles. The highest BCUT2D eigenvalue weighted by Gasteiger charge is 2.51. The van der Waals surface area contributed by atoms with E-state index >= 15 is 0 Å². The second-order valence-electron chi connectivity index (χ2n) is 4.56. The van der Waals surface area contributed by atoms with Crippen LogP contribution in [0.15, 0.2) is 0 Å². The first-order valence-corrected chi connectivity index (χ1v) is 5.43. The second-order valence-corrected chi connectivity index (χ2v) is 4.56. The van der Waals surface area contributed by atoms with Crippen LogP contribution in [0.25, 0.3) is 0 Å². The normalized spacial score (nSPS) is 37.3. The Hall–Kier alpha value is -0.160. The highest BCUT2D eigenvalue weighted by atomic mass is 16.5. The molecule has 0 aromatic heterocycles. The van der Waals surface area contributed by atoms with Gasteiger partial charge >= 0.3 is 0 Å². The van der Waals surface area contributed by atoms with Crippen molar-refractivity contribution in [1.82, 2.24) is 5.32 Å². The molecule has 2 heterocycles. The van der Waals surface area contributed by atoms with Gasteiger partial charge in [-0.05, 0) is 25.8 Å². The van der Waals surface area contributed by atoms with E-state index in [1.807, 2.05) is 0 Å². The summed E-state index contributed by atoms with van der Waals surface area (Å²) in [5.41, 5.74) is 5.14. The van der Waals surface area contributed by atoms with Gasteiger partial charge in [0.2, 0.25) is 0 Å². The molecule has 14 heavy (non-hydrogen) atoms. The lowest BCUT2D eigenvalue weighted by Crippen LogP contribution is -2.56. The van der Waals surface area contributed by atoms with Crippen molar-refractivity contribution in [3.05, 3.63) is 0 Å². The molecule has 0 radical (unpaired) electrons. The van der Waals surface area contributed by atoms with Crippen molar-refractivity contribution in [2.75, 3.05) is 32.8 Å². The third-order valence-electron chi connectivity index (χ3n) is 3.96. The lowest BCUT2D eigenvalue weighted by Gasteiger charge is -2.46. The SMILES string of the molecule is NCC1(C2(O)CCNC2)CCOCC1. The molecule has 2 fully saturated rings. The number of hydrogen-bond donors (Lipinski definition) is 3. The summed E-state index contributed by atoms with van der Waals surface area (Å²) in [6, 6.07) is 0. The van der Waals surface area contributed by atoms with Crippen LogP contribution in [0.3, 0.4) is 0 Å². The molecular weight excluding hydrogens is 180 g/mol. The minimum Gasteiger partial charge on any atom is -0.388 e. The topological polar surface area (TPSA) is 67.5 Å². The molecule has 0 saturated carbocycles. The summed E-state index contributed by atoms with van der Waals surface area (Å²) in [7, 11) is 0. The van der Waals surface area contributed by atoms with Crippen LogP contribution in [0.4, 0.5) is 0 Å². The fourth-order valence-corrected chi connectivity index (χ4v) is 2.75. The molecule has 1 unspecified atom stereocenters. The van der Waals surface area contributed by atoms with Gasteiger partial charge in [0.15, 0.2) is 0 Å². The predicted octanol–water partition coefficient (Wildman–Crippen LogP) is -0.534. The molecule has 0 aliphatic carbocycles. The monoisotopic (exact) mass is 200 g/mol. The van der Waals surface area contributed by atoms with Crippen LogP contribution in [-0.4, -0.2) is 43.6 Å². The smallest absolute Gasteiger partial charge is 0.0853 e. The molecule has 82 valence electrons. The number of rotatable bonds is 2. The Morgan fingerprint density at radius 1 is 1.29 bits per heavy atom. The lowest BCUT2D eigenvalue weighted by molar-refractivity contribution is -0.117. The highest BCUT2D eigenvalue weighted by molar-refractivity contribution is 5.04. The summed E-state index contributed by atoms with van der Waals surface area (Å²) in [5.74, 6) is 0. The van der Waals surface area contributed by atoms with Gasteiger partial charge in [-0.1, -0.05) is 0 Å². The molecular formula is C10H20N2O2. The average molecular weight is 200 g/mol. The van der Waals surface area contributed by atoms with Crippen molar-refractivity contribution in [2.45, 2.75) is 24.9 Å². The molecule has 4 heteroatoms. The van der Waals surface area contributed by atoms with Crippen LogP contribution >= 0.6 is 0 Å². The minimum absolute atomic E-state index is 0.116. The van der Waals surface area contributed by atoms with Crippen molar-refractivity contribution in [3.8, 4) is 0 Å². The first kappa shape index (κ1) is 10.4. The molecule has 0 aromatic rings. The van der Waals surface area contributed by atoms with E-state index in [0.29, 0.717) is 13.1 Å². The van der Waals surface area contributed by atoms with Crippen LogP contribution in [-0.2, 0) is 4.74 Å². The number of nitrogens with one attached hydrogen (secondary N) is 1. The van der Waals surface area contributed by atoms with Crippen LogP contribution in [0.1, 0.15) is 19.3 Å². The van der Waals surface area contributed by atoms with Gasteiger partial charge in [0, 0.05) is 31.7 Å². The number of nitrogens with two attached hydrogens (primary N) is 1. The molecule has 0 spiro atoms. The Labute approximate surface area is 84.8 Å². The maximum absolute atomic E-state index is 10.6. The van der Waals surface area contributed by atoms with Gasteiger partial charge in [-0.2, -0.15) is 0 Å². The maximum atomic E-state index is 10.6. The Morgan fingerprint density at radius 3 is 2.50 bits per heavy atom. The first-order chi connectivity index (χ1) is 6.72. The summed E-state index contributed by atoms with van der Waals surface area (Å²) >= 11 is 0. The second kappa shape index (κ2) is 3.77. The number of ether oxygens (including phenoxy) is 1. The Morgan fingerprint density at radius 2 is 2.00 bits per heavy atom. The average Bonchev–Trinajstić information content (AvgIpc) is 2.68. The van der Waals surface area contributed by atoms with Crippen LogP contribution in [0.2, 0.25) is 0 Å². The largest absolute Gasteiger partial charge is 0.388 e. The zero-order valence-corrected chi connectivity index (χ0v) is 8.59. The van der Waals surface area contributed by atoms with Crippen LogP contribution < -0.4 is 11.1 Å². The van der Waals surface area contributed by atoms with E-state index in [2.05, 4.69) is 5.32 Å². The van der Waals surface area contributed by atoms with Crippen molar-refractivity contribution < 1.29 is 9.84 Å². The van der Waals surface area contributed by atoms with Gasteiger partial charge in [0.25, 0.3) is 0 Å². The van der Waals surface area contributed by atoms with Crippen molar-refractivity contribution in [3.63, 3.8) is 0 Å². The summed E-state index contributed by atoms with van der Waals surface area (Å²) in [6.07, 6.45) is 2.60. The van der Waals surface area contributed by atoms with Gasteiger partial charge in [0.05, 0.1) is 5.60 Å². The minimum atomic E-state index is -0.606. The number of hydrogen-bond acceptors (Lipinski definition) is 4. The quantitative estimate of drug-likeness (QED) is 0.560. The molecule has 2 saturated heterocycles. The third-order valence-corrected chi connectivity index (χ3v) is 3.96. The number of β-amino-alcohol motifs (C(OH)–C–C–N with tert-alkyl or cyclic N) is 1. The van der Waals surface area contributed by atoms with E-state index in [1.54, 1.807) is 0 Å². The Balaban J connectivity index is 2.16. The zero-order chi connectivity index (χ0) is 10.1. The van der Waals surface area contributed by atoms with E-state index in [9.17, 15) is 5.11 Å². The predicted molar refractivity (Wildman–Crippen MR) is 54.0 cm³/mol. The number of aliphatic hydroxyl groups is 1. The Bertz CT molecular complexity index is 196. The van der Waals surface area contributed by atoms with E-state index in [-0.39, 0.29) is 5.41 Å². The molecule has 0 amide bonds. The van der Waals surface area contributed by atoms with Gasteiger partial charge < -0.3 is 20.9 Å². The van der Waals surface area contributed by atoms with Crippen molar-refractivity contribution in [1.29, 1.82) is 0 Å². The fourth-order valence-electron chi connectivity index (χ4n) is 2.75. The van der Waals surface area contributed by atoms with Gasteiger partial charge in [0.1, 0.15) is 0 Å². The molecule has 1 atom stereocenters. The summed E-state index contributed by atoms with van der Waals surface area (Å²) in [6.45, 7) is 3.62. The zero-order valence-electron chi connectivity index (χ0n) is 8.59. The van der Waals surface area contributed by atoms with E-state index < -0.39 is 5.60 Å². The maximum Gasteiger partial charge on any atom is 0.0853 e. The highest BCUT2D eigenvalue weighted by Crippen LogP contribution is 2.43. The van der Waals surface area contributed by atoms with Crippen molar-refractivity contribution >= 4 is 0 Å². The standard InChI is InChI=1S/C10H20N2O2/c11-7-9(2-5-14-6-3-9)10(13)1-4-12-8-10/h12-13H,1-8,11H2. The summed E-state index contributed by atoms with van der Waals surface area (Å²) < 4.78 is 5.34. The van der Waals surface area contributed by atoms with E-state index in [1.165, 1.54) is 0 Å². The molecule has 4 N–H and O–H groups in total.